The van der Waals surface area contributed by atoms with E-state index in [1.165, 1.54) is 28.5 Å². The van der Waals surface area contributed by atoms with Gasteiger partial charge in [-0.15, -0.1) is 11.8 Å². The van der Waals surface area contributed by atoms with Crippen molar-refractivity contribution < 1.29 is 14.3 Å². The molecule has 1 aromatic carbocycles. The van der Waals surface area contributed by atoms with E-state index in [9.17, 15) is 9.59 Å². The molecule has 0 saturated carbocycles. The minimum atomic E-state index is -0.623. The molecule has 0 aliphatic carbocycles. The maximum Gasteiger partial charge on any atom is 0.305 e. The van der Waals surface area contributed by atoms with Crippen LogP contribution in [0.15, 0.2) is 29.4 Å². The summed E-state index contributed by atoms with van der Waals surface area (Å²) in [5, 5.41) is 6.46. The molecule has 5 nitrogen and oxygen atoms in total. The van der Waals surface area contributed by atoms with E-state index in [1.54, 1.807) is 31.2 Å². The first-order valence-corrected chi connectivity index (χ1v) is 9.89. The molecular formula is C16H19ClN2O3S2. The third-order valence-electron chi connectivity index (χ3n) is 3.49. The number of hydrazone groups is 1. The van der Waals surface area contributed by atoms with Crippen molar-refractivity contribution in [2.45, 2.75) is 31.6 Å². The molecule has 1 amide bonds. The van der Waals surface area contributed by atoms with E-state index in [1.807, 2.05) is 13.2 Å². The van der Waals surface area contributed by atoms with Gasteiger partial charge in [-0.05, 0) is 50.8 Å². The number of hydrogen-bond donors (Lipinski definition) is 0. The summed E-state index contributed by atoms with van der Waals surface area (Å²) in [7, 11) is 0. The summed E-state index contributed by atoms with van der Waals surface area (Å²) in [6.45, 7) is 4.04. The molecule has 1 unspecified atom stereocenters. The summed E-state index contributed by atoms with van der Waals surface area (Å²) in [4.78, 5) is 23.9. The van der Waals surface area contributed by atoms with Crippen molar-refractivity contribution in [2.75, 3.05) is 12.9 Å². The van der Waals surface area contributed by atoms with E-state index in [0.717, 1.165) is 4.38 Å². The quantitative estimate of drug-likeness (QED) is 0.709. The second-order valence-corrected chi connectivity index (χ2v) is 8.24. The zero-order valence-electron chi connectivity index (χ0n) is 13.7. The molecule has 0 fully saturated rings. The third kappa shape index (κ3) is 4.46. The average Bonchev–Trinajstić information content (AvgIpc) is 2.91. The highest BCUT2D eigenvalue weighted by molar-refractivity contribution is 8.39. The second-order valence-electron chi connectivity index (χ2n) is 5.28. The predicted octanol–water partition coefficient (Wildman–Crippen LogP) is 4.22. The van der Waals surface area contributed by atoms with Gasteiger partial charge in [-0.25, -0.2) is 5.01 Å². The Bertz CT molecular complexity index is 651. The van der Waals surface area contributed by atoms with E-state index in [-0.39, 0.29) is 18.3 Å². The summed E-state index contributed by atoms with van der Waals surface area (Å²) in [5.74, 6) is -0.481. The lowest BCUT2D eigenvalue weighted by atomic mass is 10.1. The van der Waals surface area contributed by atoms with E-state index >= 15 is 0 Å². The number of nitrogens with zero attached hydrogens (tertiary/aromatic N) is 2. The molecule has 1 aliphatic heterocycles. The highest BCUT2D eigenvalue weighted by Gasteiger charge is 2.43. The van der Waals surface area contributed by atoms with Gasteiger partial charge in [0.05, 0.1) is 6.61 Å². The van der Waals surface area contributed by atoms with Crippen molar-refractivity contribution in [3.05, 3.63) is 34.9 Å². The summed E-state index contributed by atoms with van der Waals surface area (Å²) in [5.41, 5.74) is 0.508. The average molecular weight is 387 g/mol. The standard InChI is InChI=1S/C16H19ClN2O3S2/c1-4-22-13(20)9-10-16(2)19(18-15(23-3)24-16)14(21)11-5-7-12(17)8-6-11/h5-8H,4,9-10H2,1-3H3. The number of esters is 1. The molecule has 0 radical (unpaired) electrons. The van der Waals surface area contributed by atoms with Crippen LogP contribution in [0.25, 0.3) is 0 Å². The zero-order valence-corrected chi connectivity index (χ0v) is 16.1. The van der Waals surface area contributed by atoms with Gasteiger partial charge in [0.15, 0.2) is 4.38 Å². The number of rotatable bonds is 5. The van der Waals surface area contributed by atoms with Gasteiger partial charge in [-0.1, -0.05) is 23.4 Å². The van der Waals surface area contributed by atoms with Crippen LogP contribution in [0.5, 0.6) is 0 Å². The third-order valence-corrected chi connectivity index (χ3v) is 6.00. The second kappa shape index (κ2) is 8.27. The van der Waals surface area contributed by atoms with E-state index in [0.29, 0.717) is 23.6 Å². The molecule has 2 rings (SSSR count). The fourth-order valence-electron chi connectivity index (χ4n) is 2.22. The van der Waals surface area contributed by atoms with Crippen LogP contribution < -0.4 is 0 Å². The Morgan fingerprint density at radius 3 is 2.62 bits per heavy atom. The van der Waals surface area contributed by atoms with Gasteiger partial charge in [0, 0.05) is 17.0 Å². The highest BCUT2D eigenvalue weighted by Crippen LogP contribution is 2.44. The molecule has 1 heterocycles. The molecule has 24 heavy (non-hydrogen) atoms. The summed E-state index contributed by atoms with van der Waals surface area (Å²) < 4.78 is 5.78. The maximum absolute atomic E-state index is 12.8. The zero-order chi connectivity index (χ0) is 17.7. The van der Waals surface area contributed by atoms with Gasteiger partial charge in [0.25, 0.3) is 5.91 Å². The van der Waals surface area contributed by atoms with Crippen molar-refractivity contribution in [3.8, 4) is 0 Å². The molecule has 0 bridgehead atoms. The monoisotopic (exact) mass is 386 g/mol. The Morgan fingerprint density at radius 1 is 1.38 bits per heavy atom. The van der Waals surface area contributed by atoms with Crippen molar-refractivity contribution >= 4 is 51.4 Å². The number of carbonyl (C=O) groups is 2. The van der Waals surface area contributed by atoms with E-state index in [4.69, 9.17) is 16.3 Å². The summed E-state index contributed by atoms with van der Waals surface area (Å²) >= 11 is 8.85. The van der Waals surface area contributed by atoms with Crippen LogP contribution in [0.3, 0.4) is 0 Å². The Kier molecular flexibility index (Phi) is 6.60. The molecule has 0 saturated heterocycles. The first-order chi connectivity index (χ1) is 11.4. The van der Waals surface area contributed by atoms with Crippen molar-refractivity contribution in [2.24, 2.45) is 5.10 Å². The molecular weight excluding hydrogens is 368 g/mol. The minimum Gasteiger partial charge on any atom is -0.466 e. The number of thioether (sulfide) groups is 2. The first kappa shape index (κ1) is 19.1. The summed E-state index contributed by atoms with van der Waals surface area (Å²) in [6, 6.07) is 6.70. The lowest BCUT2D eigenvalue weighted by Crippen LogP contribution is -2.41. The van der Waals surface area contributed by atoms with Crippen molar-refractivity contribution in [1.82, 2.24) is 5.01 Å². The molecule has 1 aliphatic rings. The fraction of sp³-hybridized carbons (Fsp3) is 0.438. The number of benzene rings is 1. The minimum absolute atomic E-state index is 0.213. The lowest BCUT2D eigenvalue weighted by molar-refractivity contribution is -0.143. The molecule has 130 valence electrons. The lowest BCUT2D eigenvalue weighted by Gasteiger charge is -2.31. The normalized spacial score (nSPS) is 20.0. The highest BCUT2D eigenvalue weighted by atomic mass is 35.5. The SMILES string of the molecule is CCOC(=O)CCC1(C)SC(SC)=NN1C(=O)c1ccc(Cl)cc1. The van der Waals surface area contributed by atoms with Crippen LogP contribution in [0.4, 0.5) is 0 Å². The number of hydrogen-bond acceptors (Lipinski definition) is 6. The Hall–Kier alpha value is -1.18. The van der Waals surface area contributed by atoms with Crippen LogP contribution in [-0.4, -0.2) is 39.0 Å². The largest absolute Gasteiger partial charge is 0.466 e. The van der Waals surface area contributed by atoms with Gasteiger partial charge < -0.3 is 4.74 Å². The molecule has 0 N–H and O–H groups in total. The van der Waals surface area contributed by atoms with Gasteiger partial charge in [-0.2, -0.15) is 5.10 Å². The van der Waals surface area contributed by atoms with E-state index < -0.39 is 4.87 Å². The summed E-state index contributed by atoms with van der Waals surface area (Å²) in [6.07, 6.45) is 2.61. The predicted molar refractivity (Wildman–Crippen MR) is 100 cm³/mol. The van der Waals surface area contributed by atoms with Crippen LogP contribution in [0, 0.1) is 0 Å². The Labute approximate surface area is 155 Å². The van der Waals surface area contributed by atoms with Gasteiger partial charge in [-0.3, -0.25) is 9.59 Å². The van der Waals surface area contributed by atoms with Crippen LogP contribution in [-0.2, 0) is 9.53 Å². The topological polar surface area (TPSA) is 59.0 Å². The maximum atomic E-state index is 12.8. The number of amides is 1. The van der Waals surface area contributed by atoms with Crippen molar-refractivity contribution in [3.63, 3.8) is 0 Å². The molecule has 0 spiro atoms. The van der Waals surface area contributed by atoms with Gasteiger partial charge in [0.2, 0.25) is 0 Å². The fourth-order valence-corrected chi connectivity index (χ4v) is 4.29. The molecule has 1 aromatic rings. The van der Waals surface area contributed by atoms with E-state index in [2.05, 4.69) is 5.10 Å². The Morgan fingerprint density at radius 2 is 2.04 bits per heavy atom. The molecule has 0 aromatic heterocycles. The number of halogens is 1. The first-order valence-electron chi connectivity index (χ1n) is 7.47. The van der Waals surface area contributed by atoms with Gasteiger partial charge in [0.1, 0.15) is 4.87 Å². The Balaban J connectivity index is 2.19. The van der Waals surface area contributed by atoms with Gasteiger partial charge >= 0.3 is 5.97 Å². The smallest absolute Gasteiger partial charge is 0.305 e. The number of carbonyl (C=O) groups excluding carboxylic acids is 2. The molecule has 8 heteroatoms. The molecule has 1 atom stereocenters. The number of ether oxygens (including phenoxy) is 1. The van der Waals surface area contributed by atoms with Crippen LogP contribution in [0.1, 0.15) is 37.0 Å². The van der Waals surface area contributed by atoms with Crippen LogP contribution in [0.2, 0.25) is 5.02 Å². The van der Waals surface area contributed by atoms with Crippen LogP contribution >= 0.6 is 35.1 Å². The van der Waals surface area contributed by atoms with Crippen molar-refractivity contribution in [1.29, 1.82) is 0 Å².